The number of hydrogen-bond donors (Lipinski definition) is 1. The van der Waals surface area contributed by atoms with Gasteiger partial charge in [-0.15, -0.1) is 11.3 Å². The van der Waals surface area contributed by atoms with Crippen LogP contribution in [0.15, 0.2) is 35.3 Å². The lowest BCUT2D eigenvalue weighted by Gasteiger charge is -2.24. The molecule has 3 aliphatic heterocycles. The molecule has 1 aromatic heterocycles. The van der Waals surface area contributed by atoms with Gasteiger partial charge in [0, 0.05) is 41.5 Å². The van der Waals surface area contributed by atoms with Gasteiger partial charge in [0.1, 0.15) is 12.4 Å². The first-order valence-electron chi connectivity index (χ1n) is 9.89. The van der Waals surface area contributed by atoms with E-state index in [-0.39, 0.29) is 43.6 Å². The van der Waals surface area contributed by atoms with Gasteiger partial charge in [0.15, 0.2) is 0 Å². The van der Waals surface area contributed by atoms with Crippen LogP contribution in [0, 0.1) is 0 Å². The maximum absolute atomic E-state index is 13.6. The van der Waals surface area contributed by atoms with E-state index in [4.69, 9.17) is 4.74 Å². The number of imide groups is 1. The van der Waals surface area contributed by atoms with Crippen LogP contribution in [0.4, 0.5) is 24.5 Å². The number of alkyl halides is 3. The fourth-order valence-electron chi connectivity index (χ4n) is 3.88. The average molecular weight is 459 g/mol. The molecule has 164 valence electrons. The number of carbonyl (C=O) groups excluding carboxylic acids is 2. The van der Waals surface area contributed by atoms with Gasteiger partial charge in [0.2, 0.25) is 11.8 Å². The van der Waals surface area contributed by atoms with E-state index >= 15 is 0 Å². The van der Waals surface area contributed by atoms with E-state index in [1.165, 1.54) is 16.2 Å². The van der Waals surface area contributed by atoms with Crippen LogP contribution in [-0.4, -0.2) is 35.7 Å². The second-order valence-corrected chi connectivity index (χ2v) is 8.60. The summed E-state index contributed by atoms with van der Waals surface area (Å²) in [4.78, 5) is 30.8. The van der Waals surface area contributed by atoms with Gasteiger partial charge in [0.05, 0.1) is 28.4 Å². The monoisotopic (exact) mass is 459 g/mol. The summed E-state index contributed by atoms with van der Waals surface area (Å²) in [5.74, 6) is 2.44. The highest BCUT2D eigenvalue weighted by atomic mass is 32.1. The number of fused-ring (bicyclic) bond motifs is 2. The number of aliphatic imine (C=N–C) groups is 1. The minimum Gasteiger partial charge on any atom is -0.490 e. The predicted octanol–water partition coefficient (Wildman–Crippen LogP) is 4.52. The van der Waals surface area contributed by atoms with Crippen molar-refractivity contribution in [3.8, 4) is 5.75 Å². The third-order valence-electron chi connectivity index (χ3n) is 5.37. The third kappa shape index (κ3) is 3.61. The molecule has 4 heterocycles. The molecule has 0 spiro atoms. The quantitative estimate of drug-likeness (QED) is 0.685. The van der Waals surface area contributed by atoms with Crippen LogP contribution < -0.4 is 10.1 Å². The van der Waals surface area contributed by atoms with Crippen molar-refractivity contribution in [1.82, 2.24) is 4.90 Å². The molecule has 1 saturated heterocycles. The van der Waals surface area contributed by atoms with Gasteiger partial charge in [-0.05, 0) is 30.1 Å². The van der Waals surface area contributed by atoms with Gasteiger partial charge >= 0.3 is 6.18 Å². The Kier molecular flexibility index (Phi) is 4.91. The summed E-state index contributed by atoms with van der Waals surface area (Å²) in [6.45, 7) is 0.846. The normalized spacial score (nSPS) is 17.5. The Hall–Kier alpha value is -3.36. The number of thiophene rings is 1. The second kappa shape index (κ2) is 7.65. The van der Waals surface area contributed by atoms with Crippen molar-refractivity contribution < 1.29 is 27.5 Å². The van der Waals surface area contributed by atoms with Crippen molar-refractivity contribution >= 4 is 46.0 Å². The highest BCUT2D eigenvalue weighted by Gasteiger charge is 2.35. The SMILES string of the molecule is O=C1CCC(=O)N1Cc1cc2c(s1)C(c1cc(C(F)(F)F)cc3c1NCCO3)=CC=C=N2. The van der Waals surface area contributed by atoms with Crippen LogP contribution in [-0.2, 0) is 22.3 Å². The second-order valence-electron chi connectivity index (χ2n) is 7.46. The standard InChI is InChI=1S/C22H16F3N3O3S/c23-22(24,25)12-8-15(20-17(9-12)31-7-6-27-20)14-2-1-5-26-16-10-13(32-21(14)16)11-28-18(29)3-4-19(28)30/h1-2,8-10,27H,3-4,6-7,11H2. The molecule has 3 aliphatic rings. The number of likely N-dealkylation sites (tertiary alicyclic amines) is 1. The molecule has 0 saturated carbocycles. The topological polar surface area (TPSA) is 71.0 Å². The lowest BCUT2D eigenvalue weighted by atomic mass is 9.97. The number of ether oxygens (including phenoxy) is 1. The maximum atomic E-state index is 13.6. The first-order valence-corrected chi connectivity index (χ1v) is 10.7. The maximum Gasteiger partial charge on any atom is 0.416 e. The molecule has 0 atom stereocenters. The molecule has 10 heteroatoms. The number of benzene rings is 1. The Balaban J connectivity index is 1.60. The van der Waals surface area contributed by atoms with Gasteiger partial charge < -0.3 is 10.1 Å². The van der Waals surface area contributed by atoms with Crippen LogP contribution in [0.3, 0.4) is 0 Å². The lowest BCUT2D eigenvalue weighted by Crippen LogP contribution is -2.27. The molecule has 0 radical (unpaired) electrons. The Morgan fingerprint density at radius 2 is 1.97 bits per heavy atom. The Labute approximate surface area is 184 Å². The highest BCUT2D eigenvalue weighted by Crippen LogP contribution is 2.47. The smallest absolute Gasteiger partial charge is 0.416 e. The van der Waals surface area contributed by atoms with E-state index < -0.39 is 11.7 Å². The van der Waals surface area contributed by atoms with Crippen molar-refractivity contribution in [2.45, 2.75) is 25.6 Å². The van der Waals surface area contributed by atoms with E-state index in [1.54, 1.807) is 18.2 Å². The van der Waals surface area contributed by atoms with Gasteiger partial charge in [-0.1, -0.05) is 0 Å². The number of rotatable bonds is 3. The minimum atomic E-state index is -4.54. The zero-order valence-corrected chi connectivity index (χ0v) is 17.4. The fourth-order valence-corrected chi connectivity index (χ4v) is 5.00. The molecule has 0 unspecified atom stereocenters. The van der Waals surface area contributed by atoms with Gasteiger partial charge in [-0.25, -0.2) is 4.99 Å². The molecule has 0 bridgehead atoms. The molecule has 32 heavy (non-hydrogen) atoms. The zero-order valence-electron chi connectivity index (χ0n) is 16.6. The largest absolute Gasteiger partial charge is 0.490 e. The summed E-state index contributed by atoms with van der Waals surface area (Å²) >= 11 is 1.29. The number of anilines is 1. The summed E-state index contributed by atoms with van der Waals surface area (Å²) in [5.41, 5.74) is 1.07. The number of halogens is 3. The van der Waals surface area contributed by atoms with E-state index in [1.807, 2.05) is 0 Å². The van der Waals surface area contributed by atoms with Crippen molar-refractivity contribution in [3.63, 3.8) is 0 Å². The molecule has 1 N–H and O–H groups in total. The van der Waals surface area contributed by atoms with Crippen LogP contribution in [0.5, 0.6) is 5.75 Å². The first-order chi connectivity index (χ1) is 15.3. The van der Waals surface area contributed by atoms with Crippen molar-refractivity contribution in [3.05, 3.63) is 51.2 Å². The van der Waals surface area contributed by atoms with E-state index in [9.17, 15) is 22.8 Å². The van der Waals surface area contributed by atoms with Crippen molar-refractivity contribution in [2.75, 3.05) is 18.5 Å². The molecule has 5 rings (SSSR count). The van der Waals surface area contributed by atoms with Gasteiger partial charge in [-0.3, -0.25) is 14.5 Å². The highest BCUT2D eigenvalue weighted by molar-refractivity contribution is 7.13. The Bertz CT molecular complexity index is 1220. The summed E-state index contributed by atoms with van der Waals surface area (Å²) in [5, 5.41) is 3.14. The van der Waals surface area contributed by atoms with E-state index in [0.717, 1.165) is 12.1 Å². The molecule has 6 nitrogen and oxygen atoms in total. The molecule has 1 fully saturated rings. The van der Waals surface area contributed by atoms with Crippen LogP contribution in [0.25, 0.3) is 5.57 Å². The number of nitrogens with one attached hydrogen (secondary N) is 1. The summed E-state index contributed by atoms with van der Waals surface area (Å²) in [6.07, 6.45) is -0.947. The number of hydrogen-bond acceptors (Lipinski definition) is 6. The predicted molar refractivity (Wildman–Crippen MR) is 113 cm³/mol. The number of carbonyl (C=O) groups is 2. The average Bonchev–Trinajstić information content (AvgIpc) is 3.23. The zero-order chi connectivity index (χ0) is 22.5. The van der Waals surface area contributed by atoms with Crippen molar-refractivity contribution in [2.24, 2.45) is 4.99 Å². The lowest BCUT2D eigenvalue weighted by molar-refractivity contribution is -0.139. The Morgan fingerprint density at radius 1 is 1.19 bits per heavy atom. The molecular formula is C22H16F3N3O3S. The molecule has 0 aliphatic carbocycles. The van der Waals surface area contributed by atoms with Crippen LogP contribution >= 0.6 is 11.3 Å². The van der Waals surface area contributed by atoms with Crippen LogP contribution in [0.2, 0.25) is 0 Å². The Morgan fingerprint density at radius 3 is 2.72 bits per heavy atom. The molecule has 2 aromatic rings. The number of allylic oxidation sites excluding steroid dienone is 2. The van der Waals surface area contributed by atoms with Gasteiger partial charge in [-0.2, -0.15) is 13.2 Å². The summed E-state index contributed by atoms with van der Waals surface area (Å²) in [7, 11) is 0. The number of nitrogens with zero attached hydrogens (tertiary/aromatic N) is 2. The fraction of sp³-hybridized carbons (Fsp3) is 0.273. The first kappa shape index (κ1) is 20.5. The van der Waals surface area contributed by atoms with Crippen LogP contribution in [0.1, 0.15) is 33.7 Å². The molecule has 2 amide bonds. The molecule has 1 aromatic carbocycles. The molecular weight excluding hydrogens is 443 g/mol. The van der Waals surface area contributed by atoms with Gasteiger partial charge in [0.25, 0.3) is 0 Å². The third-order valence-corrected chi connectivity index (χ3v) is 6.51. The summed E-state index contributed by atoms with van der Waals surface area (Å²) < 4.78 is 46.3. The van der Waals surface area contributed by atoms with E-state index in [0.29, 0.717) is 38.8 Å². The van der Waals surface area contributed by atoms with Crippen molar-refractivity contribution in [1.29, 1.82) is 0 Å². The summed E-state index contributed by atoms with van der Waals surface area (Å²) in [6, 6.07) is 3.84. The minimum absolute atomic E-state index is 0.115. The van der Waals surface area contributed by atoms with E-state index in [2.05, 4.69) is 16.2 Å². The number of amides is 2.